The van der Waals surface area contributed by atoms with Crippen LogP contribution in [0.5, 0.6) is 0 Å². The van der Waals surface area contributed by atoms with Crippen molar-refractivity contribution in [3.8, 4) is 5.69 Å². The Morgan fingerprint density at radius 2 is 1.65 bits per heavy atom. The molecule has 0 aliphatic carbocycles. The largest absolute Gasteiger partial charge is 0.480 e. The first kappa shape index (κ1) is 13.3. The summed E-state index contributed by atoms with van der Waals surface area (Å²) in [5.41, 5.74) is -0.751. The van der Waals surface area contributed by atoms with Crippen molar-refractivity contribution < 1.29 is 14.7 Å². The van der Waals surface area contributed by atoms with Crippen LogP contribution in [0.1, 0.15) is 10.4 Å². The van der Waals surface area contributed by atoms with Gasteiger partial charge in [-0.05, 0) is 24.3 Å². The molecular formula is C11H10N4O5. The van der Waals surface area contributed by atoms with Crippen LogP contribution in [0.4, 0.5) is 0 Å². The maximum Gasteiger partial charge on any atom is 0.348 e. The van der Waals surface area contributed by atoms with Crippen molar-refractivity contribution >= 4 is 11.9 Å². The molecule has 9 nitrogen and oxygen atoms in total. The number of aromatic amines is 2. The van der Waals surface area contributed by atoms with Gasteiger partial charge in [0.25, 0.3) is 5.91 Å². The van der Waals surface area contributed by atoms with E-state index in [1.54, 1.807) is 0 Å². The summed E-state index contributed by atoms with van der Waals surface area (Å²) in [7, 11) is 0. The normalized spacial score (nSPS) is 10.2. The molecule has 2 aromatic rings. The van der Waals surface area contributed by atoms with Crippen molar-refractivity contribution in [2.45, 2.75) is 0 Å². The number of aliphatic carboxylic acids is 1. The Morgan fingerprint density at radius 1 is 1.10 bits per heavy atom. The van der Waals surface area contributed by atoms with Crippen LogP contribution in [0.25, 0.3) is 5.69 Å². The van der Waals surface area contributed by atoms with E-state index in [1.807, 2.05) is 0 Å². The van der Waals surface area contributed by atoms with Gasteiger partial charge >= 0.3 is 17.3 Å². The minimum atomic E-state index is -1.15. The van der Waals surface area contributed by atoms with Gasteiger partial charge in [0.05, 0.1) is 5.69 Å². The van der Waals surface area contributed by atoms with Crippen LogP contribution in [0.15, 0.2) is 33.9 Å². The first-order chi connectivity index (χ1) is 9.49. The molecule has 0 unspecified atom stereocenters. The number of nitrogens with one attached hydrogen (secondary N) is 3. The molecule has 104 valence electrons. The molecule has 9 heteroatoms. The maximum atomic E-state index is 11.6. The first-order valence-electron chi connectivity index (χ1n) is 5.49. The number of nitrogens with zero attached hydrogens (tertiary/aromatic N) is 1. The van der Waals surface area contributed by atoms with Crippen molar-refractivity contribution in [2.24, 2.45) is 0 Å². The van der Waals surface area contributed by atoms with E-state index in [4.69, 9.17) is 5.11 Å². The van der Waals surface area contributed by atoms with Gasteiger partial charge in [-0.25, -0.2) is 24.4 Å². The highest BCUT2D eigenvalue weighted by molar-refractivity contribution is 5.95. The number of carbonyl (C=O) groups excluding carboxylic acids is 1. The number of hydrogen-bond acceptors (Lipinski definition) is 4. The third-order valence-electron chi connectivity index (χ3n) is 2.47. The van der Waals surface area contributed by atoms with E-state index < -0.39 is 29.8 Å². The fourth-order valence-electron chi connectivity index (χ4n) is 1.57. The number of hydrogen-bond donors (Lipinski definition) is 4. The van der Waals surface area contributed by atoms with E-state index in [0.717, 1.165) is 4.57 Å². The Labute approximate surface area is 110 Å². The van der Waals surface area contributed by atoms with Gasteiger partial charge in [0.1, 0.15) is 6.54 Å². The van der Waals surface area contributed by atoms with Crippen LogP contribution in [-0.4, -0.2) is 38.3 Å². The zero-order valence-corrected chi connectivity index (χ0v) is 10.0. The third kappa shape index (κ3) is 2.66. The second-order valence-corrected chi connectivity index (χ2v) is 3.82. The van der Waals surface area contributed by atoms with Gasteiger partial charge in [-0.3, -0.25) is 9.59 Å². The highest BCUT2D eigenvalue weighted by Crippen LogP contribution is 2.06. The lowest BCUT2D eigenvalue weighted by Gasteiger charge is -2.03. The molecular weight excluding hydrogens is 268 g/mol. The van der Waals surface area contributed by atoms with E-state index >= 15 is 0 Å². The third-order valence-corrected chi connectivity index (χ3v) is 2.47. The Balaban J connectivity index is 2.23. The van der Waals surface area contributed by atoms with E-state index in [-0.39, 0.29) is 11.3 Å². The Bertz CT molecular complexity index is 725. The summed E-state index contributed by atoms with van der Waals surface area (Å²) in [4.78, 5) is 44.6. The highest BCUT2D eigenvalue weighted by atomic mass is 16.4. The van der Waals surface area contributed by atoms with E-state index in [0.29, 0.717) is 0 Å². The van der Waals surface area contributed by atoms with Gasteiger partial charge in [0.15, 0.2) is 0 Å². The minimum Gasteiger partial charge on any atom is -0.480 e. The Morgan fingerprint density at radius 3 is 2.15 bits per heavy atom. The fourth-order valence-corrected chi connectivity index (χ4v) is 1.57. The number of aromatic nitrogens is 3. The number of carboxylic acids is 1. The lowest BCUT2D eigenvalue weighted by atomic mass is 10.2. The van der Waals surface area contributed by atoms with Crippen molar-refractivity contribution in [1.29, 1.82) is 0 Å². The lowest BCUT2D eigenvalue weighted by molar-refractivity contribution is -0.135. The average Bonchev–Trinajstić information content (AvgIpc) is 2.76. The summed E-state index contributed by atoms with van der Waals surface area (Å²) in [5, 5.41) is 14.9. The average molecular weight is 278 g/mol. The summed E-state index contributed by atoms with van der Waals surface area (Å²) in [5.74, 6) is -1.71. The molecule has 0 atom stereocenters. The zero-order chi connectivity index (χ0) is 14.7. The van der Waals surface area contributed by atoms with Crippen LogP contribution in [0.2, 0.25) is 0 Å². The van der Waals surface area contributed by atoms with Crippen LogP contribution < -0.4 is 16.7 Å². The summed E-state index contributed by atoms with van der Waals surface area (Å²) >= 11 is 0. The summed E-state index contributed by atoms with van der Waals surface area (Å²) in [6, 6.07) is 5.57. The van der Waals surface area contributed by atoms with Crippen molar-refractivity contribution in [3.63, 3.8) is 0 Å². The molecule has 0 fully saturated rings. The van der Waals surface area contributed by atoms with E-state index in [1.165, 1.54) is 24.3 Å². The molecule has 0 aliphatic heterocycles. The van der Waals surface area contributed by atoms with E-state index in [2.05, 4.69) is 15.5 Å². The van der Waals surface area contributed by atoms with Crippen molar-refractivity contribution in [2.75, 3.05) is 6.54 Å². The van der Waals surface area contributed by atoms with Crippen molar-refractivity contribution in [3.05, 3.63) is 50.8 Å². The molecule has 0 saturated heterocycles. The quantitative estimate of drug-likeness (QED) is 0.549. The van der Waals surface area contributed by atoms with Crippen LogP contribution in [-0.2, 0) is 4.79 Å². The minimum absolute atomic E-state index is 0.218. The van der Waals surface area contributed by atoms with Gasteiger partial charge < -0.3 is 10.4 Å². The monoisotopic (exact) mass is 278 g/mol. The smallest absolute Gasteiger partial charge is 0.348 e. The lowest BCUT2D eigenvalue weighted by Crippen LogP contribution is -2.29. The van der Waals surface area contributed by atoms with Gasteiger partial charge in [-0.2, -0.15) is 0 Å². The number of rotatable bonds is 4. The summed E-state index contributed by atoms with van der Waals surface area (Å²) in [6.45, 7) is -0.489. The van der Waals surface area contributed by atoms with Crippen LogP contribution in [0.3, 0.4) is 0 Å². The standard InChI is InChI=1S/C11H10N4O5/c16-8(17)5-12-9(18)6-1-3-7(4-2-6)15-10(19)13-14-11(15)20/h1-4H,5H2,(H,12,18)(H,13,19)(H,14,20)(H,16,17). The molecule has 1 amide bonds. The maximum absolute atomic E-state index is 11.6. The predicted octanol–water partition coefficient (Wildman–Crippen LogP) is -1.33. The zero-order valence-electron chi connectivity index (χ0n) is 10.0. The Hall–Kier alpha value is -3.10. The van der Waals surface area contributed by atoms with Gasteiger partial charge in [-0.1, -0.05) is 0 Å². The second-order valence-electron chi connectivity index (χ2n) is 3.82. The molecule has 2 rings (SSSR count). The van der Waals surface area contributed by atoms with Crippen LogP contribution >= 0.6 is 0 Å². The SMILES string of the molecule is O=C(O)CNC(=O)c1ccc(-n2c(=O)[nH][nH]c2=O)cc1. The molecule has 1 heterocycles. The molecule has 20 heavy (non-hydrogen) atoms. The van der Waals surface area contributed by atoms with Crippen molar-refractivity contribution in [1.82, 2.24) is 20.1 Å². The molecule has 0 saturated carbocycles. The molecule has 0 bridgehead atoms. The molecule has 4 N–H and O–H groups in total. The predicted molar refractivity (Wildman–Crippen MR) is 67.0 cm³/mol. The second kappa shape index (κ2) is 5.26. The fraction of sp³-hybridized carbons (Fsp3) is 0.0909. The van der Waals surface area contributed by atoms with Gasteiger partial charge in [0, 0.05) is 5.56 Å². The molecule has 1 aromatic carbocycles. The van der Waals surface area contributed by atoms with Gasteiger partial charge in [-0.15, -0.1) is 0 Å². The molecule has 0 radical (unpaired) electrons. The van der Waals surface area contributed by atoms with Gasteiger partial charge in [0.2, 0.25) is 0 Å². The molecule has 0 aliphatic rings. The Kier molecular flexibility index (Phi) is 3.51. The number of carboxylic acid groups (broad SMARTS) is 1. The summed E-state index contributed by atoms with van der Waals surface area (Å²) < 4.78 is 0.860. The van der Waals surface area contributed by atoms with Crippen LogP contribution in [0, 0.1) is 0 Å². The number of H-pyrrole nitrogens is 2. The highest BCUT2D eigenvalue weighted by Gasteiger charge is 2.09. The summed E-state index contributed by atoms with van der Waals surface area (Å²) in [6.07, 6.45) is 0. The molecule has 1 aromatic heterocycles. The first-order valence-corrected chi connectivity index (χ1v) is 5.49. The number of amides is 1. The molecule has 0 spiro atoms. The number of carbonyl (C=O) groups is 2. The van der Waals surface area contributed by atoms with E-state index in [9.17, 15) is 19.2 Å². The topological polar surface area (TPSA) is 137 Å². The number of benzene rings is 1.